The van der Waals surface area contributed by atoms with Crippen LogP contribution in [0, 0.1) is 13.8 Å². The highest BCUT2D eigenvalue weighted by Gasteiger charge is 2.35. The van der Waals surface area contributed by atoms with Crippen molar-refractivity contribution in [2.45, 2.75) is 27.7 Å². The molecule has 0 bridgehead atoms. The third-order valence-corrected chi connectivity index (χ3v) is 6.58. The second kappa shape index (κ2) is 10.9. The fraction of sp³-hybridized carbons (Fsp3) is 0.286. The Hall–Kier alpha value is -3.45. The second-order valence-electron chi connectivity index (χ2n) is 8.18. The van der Waals surface area contributed by atoms with E-state index in [1.54, 1.807) is 6.08 Å². The molecule has 4 rings (SSSR count). The fourth-order valence-electron chi connectivity index (χ4n) is 3.92. The summed E-state index contributed by atoms with van der Waals surface area (Å²) >= 11 is 0.934. The molecule has 1 aliphatic rings. The normalized spacial score (nSPS) is 14.7. The minimum Gasteiger partial charge on any atom is -0.494 e. The van der Waals surface area contributed by atoms with Gasteiger partial charge >= 0.3 is 0 Å². The van der Waals surface area contributed by atoms with Crippen molar-refractivity contribution in [3.8, 4) is 17.2 Å². The van der Waals surface area contributed by atoms with Crippen LogP contribution in [0.15, 0.2) is 53.4 Å². The maximum Gasteiger partial charge on any atom is 0.293 e. The Morgan fingerprint density at radius 2 is 1.66 bits per heavy atom. The van der Waals surface area contributed by atoms with E-state index >= 15 is 0 Å². The van der Waals surface area contributed by atoms with Crippen molar-refractivity contribution in [1.29, 1.82) is 0 Å². The predicted molar refractivity (Wildman–Crippen MR) is 140 cm³/mol. The molecular weight excluding hydrogens is 462 g/mol. The smallest absolute Gasteiger partial charge is 0.293 e. The number of hydrogen-bond donors (Lipinski definition) is 0. The van der Waals surface area contributed by atoms with Crippen LogP contribution in [0.5, 0.6) is 17.2 Å². The monoisotopic (exact) mass is 491 g/mol. The number of imide groups is 1. The molecule has 0 aliphatic carbocycles. The van der Waals surface area contributed by atoms with Crippen molar-refractivity contribution in [1.82, 2.24) is 4.90 Å². The molecule has 0 unspecified atom stereocenters. The summed E-state index contributed by atoms with van der Waals surface area (Å²) in [5.74, 6) is 1.82. The van der Waals surface area contributed by atoms with Crippen molar-refractivity contribution in [2.75, 3.05) is 26.4 Å². The Balaban J connectivity index is 1.59. The number of aryl methyl sites for hydroxylation is 2. The van der Waals surface area contributed by atoms with Crippen molar-refractivity contribution in [3.63, 3.8) is 0 Å². The highest BCUT2D eigenvalue weighted by molar-refractivity contribution is 8.18. The number of hydrogen-bond acceptors (Lipinski definition) is 6. The molecule has 0 aromatic heterocycles. The van der Waals surface area contributed by atoms with E-state index in [0.29, 0.717) is 23.9 Å². The highest BCUT2D eigenvalue weighted by atomic mass is 32.2. The van der Waals surface area contributed by atoms with Gasteiger partial charge in [-0.15, -0.1) is 0 Å². The predicted octanol–water partition coefficient (Wildman–Crippen LogP) is 6.37. The Kier molecular flexibility index (Phi) is 7.66. The van der Waals surface area contributed by atoms with E-state index in [9.17, 15) is 9.59 Å². The maximum absolute atomic E-state index is 13.2. The first-order valence-corrected chi connectivity index (χ1v) is 12.5. The Morgan fingerprint density at radius 1 is 0.886 bits per heavy atom. The molecule has 0 N–H and O–H groups in total. The number of nitrogens with zero attached hydrogens (tertiary/aromatic N) is 1. The molecule has 3 aromatic carbocycles. The van der Waals surface area contributed by atoms with Gasteiger partial charge in [0.1, 0.15) is 23.9 Å². The average molecular weight is 492 g/mol. The summed E-state index contributed by atoms with van der Waals surface area (Å²) < 4.78 is 17.4. The van der Waals surface area contributed by atoms with Gasteiger partial charge in [0.05, 0.1) is 24.7 Å². The van der Waals surface area contributed by atoms with Crippen LogP contribution in [0.25, 0.3) is 16.8 Å². The number of rotatable bonds is 9. The van der Waals surface area contributed by atoms with E-state index in [-0.39, 0.29) is 24.3 Å². The van der Waals surface area contributed by atoms with Crippen LogP contribution in [-0.2, 0) is 4.79 Å². The van der Waals surface area contributed by atoms with Crippen molar-refractivity contribution < 1.29 is 23.8 Å². The van der Waals surface area contributed by atoms with Gasteiger partial charge < -0.3 is 14.2 Å². The van der Waals surface area contributed by atoms with Gasteiger partial charge in [0, 0.05) is 5.56 Å². The fourth-order valence-corrected chi connectivity index (χ4v) is 4.77. The summed E-state index contributed by atoms with van der Waals surface area (Å²) in [6.07, 6.45) is 1.75. The molecular formula is C28H29NO5S. The summed E-state index contributed by atoms with van der Waals surface area (Å²) in [6.45, 7) is 9.24. The number of benzene rings is 3. The number of fused-ring (bicyclic) bond motifs is 1. The lowest BCUT2D eigenvalue weighted by molar-refractivity contribution is -0.123. The molecule has 0 spiro atoms. The van der Waals surface area contributed by atoms with Crippen molar-refractivity contribution >= 4 is 39.8 Å². The van der Waals surface area contributed by atoms with Crippen LogP contribution in [0.3, 0.4) is 0 Å². The van der Waals surface area contributed by atoms with Crippen LogP contribution in [0.4, 0.5) is 4.79 Å². The molecule has 0 radical (unpaired) electrons. The highest BCUT2D eigenvalue weighted by Crippen LogP contribution is 2.38. The molecule has 3 aromatic rings. The zero-order valence-electron chi connectivity index (χ0n) is 20.4. The molecule has 2 amide bonds. The number of amides is 2. The van der Waals surface area contributed by atoms with Crippen LogP contribution < -0.4 is 14.2 Å². The molecule has 0 saturated carbocycles. The standard InChI is InChI=1S/C28H29NO5S/c1-5-32-21-11-9-20-10-12-24(33-6-2)23(22(20)16-21)17-26-27(30)29(28(31)35-26)13-14-34-25-15-18(3)7-8-19(25)4/h7-12,15-17H,5-6,13-14H2,1-4H3/b26-17-. The zero-order valence-corrected chi connectivity index (χ0v) is 21.2. The average Bonchev–Trinajstić information content (AvgIpc) is 3.10. The number of thioether (sulfide) groups is 1. The van der Waals surface area contributed by atoms with Gasteiger partial charge in [-0.3, -0.25) is 14.5 Å². The summed E-state index contributed by atoms with van der Waals surface area (Å²) in [5.41, 5.74) is 2.85. The topological polar surface area (TPSA) is 65.1 Å². The third-order valence-electron chi connectivity index (χ3n) is 5.67. The molecule has 6 nitrogen and oxygen atoms in total. The van der Waals surface area contributed by atoms with Gasteiger partial charge in [-0.2, -0.15) is 0 Å². The second-order valence-corrected chi connectivity index (χ2v) is 9.17. The van der Waals surface area contributed by atoms with Crippen molar-refractivity contribution in [2.24, 2.45) is 0 Å². The van der Waals surface area contributed by atoms with Gasteiger partial charge in [0.15, 0.2) is 0 Å². The van der Waals surface area contributed by atoms with E-state index in [0.717, 1.165) is 50.7 Å². The summed E-state index contributed by atoms with van der Waals surface area (Å²) in [6, 6.07) is 15.7. The van der Waals surface area contributed by atoms with Crippen LogP contribution in [-0.4, -0.2) is 42.4 Å². The Bertz CT molecular complexity index is 1290. The number of carbonyl (C=O) groups is 2. The van der Waals surface area contributed by atoms with Gasteiger partial charge in [0.25, 0.3) is 11.1 Å². The minimum absolute atomic E-state index is 0.178. The summed E-state index contributed by atoms with van der Waals surface area (Å²) in [4.78, 5) is 27.4. The molecule has 1 heterocycles. The molecule has 35 heavy (non-hydrogen) atoms. The zero-order chi connectivity index (χ0) is 24.9. The molecule has 1 saturated heterocycles. The van der Waals surface area contributed by atoms with E-state index in [1.165, 1.54) is 4.90 Å². The summed E-state index contributed by atoms with van der Waals surface area (Å²) in [5, 5.41) is 1.58. The first-order valence-electron chi connectivity index (χ1n) is 11.7. The third kappa shape index (κ3) is 5.46. The van der Waals surface area contributed by atoms with E-state index in [1.807, 2.05) is 76.2 Å². The van der Waals surface area contributed by atoms with Gasteiger partial charge in [-0.1, -0.05) is 24.3 Å². The van der Waals surface area contributed by atoms with Crippen LogP contribution >= 0.6 is 11.8 Å². The lowest BCUT2D eigenvalue weighted by Gasteiger charge is -2.15. The summed E-state index contributed by atoms with van der Waals surface area (Å²) in [7, 11) is 0. The number of carbonyl (C=O) groups excluding carboxylic acids is 2. The maximum atomic E-state index is 13.2. The lowest BCUT2D eigenvalue weighted by Crippen LogP contribution is -2.32. The Labute approximate surface area is 209 Å². The molecule has 0 atom stereocenters. The Morgan fingerprint density at radius 3 is 2.43 bits per heavy atom. The lowest BCUT2D eigenvalue weighted by atomic mass is 10.0. The quantitative estimate of drug-likeness (QED) is 0.324. The minimum atomic E-state index is -0.329. The largest absolute Gasteiger partial charge is 0.494 e. The van der Waals surface area contributed by atoms with Crippen LogP contribution in [0.2, 0.25) is 0 Å². The van der Waals surface area contributed by atoms with Crippen LogP contribution in [0.1, 0.15) is 30.5 Å². The first-order chi connectivity index (χ1) is 16.9. The van der Waals surface area contributed by atoms with Crippen molar-refractivity contribution in [3.05, 3.63) is 70.1 Å². The SMILES string of the molecule is CCOc1ccc2ccc(OCC)c(/C=C3\SC(=O)N(CCOc4cc(C)ccc4C)C3=O)c2c1. The molecule has 7 heteroatoms. The molecule has 182 valence electrons. The van der Waals surface area contributed by atoms with E-state index in [4.69, 9.17) is 14.2 Å². The van der Waals surface area contributed by atoms with E-state index < -0.39 is 0 Å². The van der Waals surface area contributed by atoms with Gasteiger partial charge in [-0.05, 0) is 91.7 Å². The van der Waals surface area contributed by atoms with E-state index in [2.05, 4.69) is 0 Å². The molecule has 1 fully saturated rings. The van der Waals surface area contributed by atoms with Gasteiger partial charge in [-0.25, -0.2) is 0 Å². The first kappa shape index (κ1) is 24.7. The molecule has 1 aliphatic heterocycles. The number of ether oxygens (including phenoxy) is 3. The van der Waals surface area contributed by atoms with Gasteiger partial charge in [0.2, 0.25) is 0 Å².